The number of hydrogen-bond acceptors (Lipinski definition) is 6. The largest absolute Gasteiger partial charge is 0.381 e. The number of piperidine rings is 1. The first-order valence-corrected chi connectivity index (χ1v) is 13.7. The minimum absolute atomic E-state index is 0.243. The molecule has 0 saturated carbocycles. The van der Waals surface area contributed by atoms with Crippen molar-refractivity contribution < 1.29 is 4.79 Å². The number of carbonyl (C=O) groups excluding carboxylic acids is 1. The molecule has 3 N–H and O–H groups in total. The van der Waals surface area contributed by atoms with Crippen LogP contribution < -0.4 is 20.9 Å². The molecule has 1 amide bonds. The summed E-state index contributed by atoms with van der Waals surface area (Å²) in [6.45, 7) is 2.65. The van der Waals surface area contributed by atoms with Crippen LogP contribution in [0.15, 0.2) is 97.3 Å². The highest BCUT2D eigenvalue weighted by Gasteiger charge is 2.21. The fourth-order valence-electron chi connectivity index (χ4n) is 5.22. The molecule has 1 saturated heterocycles. The molecule has 0 aliphatic carbocycles. The molecule has 5 aromatic rings. The highest BCUT2D eigenvalue weighted by atomic mass is 16.1. The Bertz CT molecular complexity index is 1590. The molecule has 3 aromatic carbocycles. The fraction of sp³-hybridized carbons (Fsp3) is 0.219. The zero-order chi connectivity index (χ0) is 27.3. The number of aromatic nitrogens is 3. The van der Waals surface area contributed by atoms with Gasteiger partial charge in [-0.1, -0.05) is 54.6 Å². The minimum atomic E-state index is -0.243. The standard InChI is InChI=1S/C32H33N7O/c1-33-25-15-18-38(19-16-25)30-10-6-5-9-28(30)37-32(40)29-17-20-39-31(36-29)27(22-35-39)24-11-13-26(14-12-24)34-21-23-7-3-2-4-8-23/h2-14,17,20,22,25,33-34H,15-16,18-19,21H2,1H3,(H,37,40). The Kier molecular flexibility index (Phi) is 7.41. The van der Waals surface area contributed by atoms with E-state index in [0.29, 0.717) is 17.4 Å². The van der Waals surface area contributed by atoms with Gasteiger partial charge in [-0.3, -0.25) is 4.79 Å². The summed E-state index contributed by atoms with van der Waals surface area (Å²) in [5.41, 5.74) is 6.94. The van der Waals surface area contributed by atoms with E-state index < -0.39 is 0 Å². The molecule has 0 atom stereocenters. The van der Waals surface area contributed by atoms with Gasteiger partial charge in [0.25, 0.3) is 5.91 Å². The summed E-state index contributed by atoms with van der Waals surface area (Å²) < 4.78 is 1.70. The van der Waals surface area contributed by atoms with Crippen LogP contribution in [0.4, 0.5) is 17.1 Å². The van der Waals surface area contributed by atoms with Crippen molar-refractivity contribution in [1.82, 2.24) is 19.9 Å². The van der Waals surface area contributed by atoms with E-state index in [2.05, 4.69) is 56.3 Å². The molecular formula is C32H33N7O. The SMILES string of the molecule is CNC1CCN(c2ccccc2NC(=O)c2ccn3ncc(-c4ccc(NCc5ccccc5)cc4)c3n2)CC1. The number of rotatable bonds is 8. The Morgan fingerprint density at radius 1 is 0.925 bits per heavy atom. The lowest BCUT2D eigenvalue weighted by Gasteiger charge is -2.34. The maximum Gasteiger partial charge on any atom is 0.274 e. The molecule has 3 heterocycles. The van der Waals surface area contributed by atoms with Crippen molar-refractivity contribution in [2.45, 2.75) is 25.4 Å². The first-order chi connectivity index (χ1) is 19.7. The van der Waals surface area contributed by atoms with Gasteiger partial charge >= 0.3 is 0 Å². The number of hydrogen-bond donors (Lipinski definition) is 3. The number of carbonyl (C=O) groups is 1. The number of benzene rings is 3. The molecular weight excluding hydrogens is 498 g/mol. The number of fused-ring (bicyclic) bond motifs is 1. The van der Waals surface area contributed by atoms with Gasteiger partial charge in [-0.05, 0) is 61.3 Å². The average Bonchev–Trinajstić information content (AvgIpc) is 3.44. The molecule has 1 aliphatic rings. The van der Waals surface area contributed by atoms with Gasteiger partial charge in [-0.15, -0.1) is 0 Å². The van der Waals surface area contributed by atoms with Crippen molar-refractivity contribution in [2.75, 3.05) is 35.7 Å². The molecule has 0 unspecified atom stereocenters. The zero-order valence-corrected chi connectivity index (χ0v) is 22.5. The van der Waals surface area contributed by atoms with Gasteiger partial charge in [0.1, 0.15) is 5.69 Å². The van der Waals surface area contributed by atoms with E-state index in [-0.39, 0.29) is 5.91 Å². The van der Waals surface area contributed by atoms with Gasteiger partial charge < -0.3 is 20.9 Å². The maximum absolute atomic E-state index is 13.4. The molecule has 1 aliphatic heterocycles. The van der Waals surface area contributed by atoms with E-state index in [4.69, 9.17) is 4.98 Å². The van der Waals surface area contributed by atoms with Crippen LogP contribution in [0.5, 0.6) is 0 Å². The lowest BCUT2D eigenvalue weighted by Crippen LogP contribution is -2.41. The van der Waals surface area contributed by atoms with E-state index in [1.165, 1.54) is 5.56 Å². The quantitative estimate of drug-likeness (QED) is 0.247. The van der Waals surface area contributed by atoms with Crippen LogP contribution in [0.25, 0.3) is 16.8 Å². The second-order valence-corrected chi connectivity index (χ2v) is 10.1. The van der Waals surface area contributed by atoms with Crippen LogP contribution >= 0.6 is 0 Å². The van der Waals surface area contributed by atoms with Gasteiger partial charge in [0.2, 0.25) is 0 Å². The average molecular weight is 532 g/mol. The molecule has 202 valence electrons. The number of nitrogens with zero attached hydrogens (tertiary/aromatic N) is 4. The minimum Gasteiger partial charge on any atom is -0.381 e. The lowest BCUT2D eigenvalue weighted by atomic mass is 10.0. The van der Waals surface area contributed by atoms with Crippen LogP contribution in [0, 0.1) is 0 Å². The second kappa shape index (κ2) is 11.6. The normalized spacial score (nSPS) is 13.9. The molecule has 2 aromatic heterocycles. The predicted molar refractivity (Wildman–Crippen MR) is 161 cm³/mol. The molecule has 8 heteroatoms. The Hall–Kier alpha value is -4.69. The van der Waals surface area contributed by atoms with Gasteiger partial charge in [-0.25, -0.2) is 9.50 Å². The van der Waals surface area contributed by atoms with Gasteiger partial charge in [0.15, 0.2) is 5.65 Å². The zero-order valence-electron chi connectivity index (χ0n) is 22.5. The third-order valence-electron chi connectivity index (χ3n) is 7.53. The number of para-hydroxylation sites is 2. The van der Waals surface area contributed by atoms with Crippen LogP contribution in [0.2, 0.25) is 0 Å². The van der Waals surface area contributed by atoms with Crippen LogP contribution in [0.1, 0.15) is 28.9 Å². The Labute approximate surface area is 234 Å². The van der Waals surface area contributed by atoms with Gasteiger partial charge in [-0.2, -0.15) is 5.10 Å². The van der Waals surface area contributed by atoms with Crippen molar-refractivity contribution in [2.24, 2.45) is 0 Å². The topological polar surface area (TPSA) is 86.6 Å². The number of nitrogens with one attached hydrogen (secondary N) is 3. The Morgan fingerprint density at radius 2 is 1.68 bits per heavy atom. The van der Waals surface area contributed by atoms with Gasteiger partial charge in [0, 0.05) is 43.1 Å². The van der Waals surface area contributed by atoms with E-state index in [0.717, 1.165) is 60.7 Å². The molecule has 6 rings (SSSR count). The lowest BCUT2D eigenvalue weighted by molar-refractivity contribution is 0.102. The van der Waals surface area contributed by atoms with Crippen molar-refractivity contribution in [3.8, 4) is 11.1 Å². The summed E-state index contributed by atoms with van der Waals surface area (Å²) in [5.74, 6) is -0.243. The first kappa shape index (κ1) is 25.6. The van der Waals surface area contributed by atoms with E-state index in [1.54, 1.807) is 23.0 Å². The fourth-order valence-corrected chi connectivity index (χ4v) is 5.22. The van der Waals surface area contributed by atoms with Crippen LogP contribution in [-0.4, -0.2) is 46.7 Å². The number of anilines is 3. The molecule has 40 heavy (non-hydrogen) atoms. The van der Waals surface area contributed by atoms with Crippen molar-refractivity contribution in [3.05, 3.63) is 109 Å². The molecule has 0 radical (unpaired) electrons. The molecule has 0 bridgehead atoms. The third kappa shape index (κ3) is 5.53. The monoisotopic (exact) mass is 531 g/mol. The number of amides is 1. The summed E-state index contributed by atoms with van der Waals surface area (Å²) in [6.07, 6.45) is 5.72. The summed E-state index contributed by atoms with van der Waals surface area (Å²) in [4.78, 5) is 20.4. The van der Waals surface area contributed by atoms with Crippen molar-refractivity contribution >= 4 is 28.6 Å². The summed E-state index contributed by atoms with van der Waals surface area (Å²) in [7, 11) is 2.02. The summed E-state index contributed by atoms with van der Waals surface area (Å²) in [6, 6.07) is 28.7. The van der Waals surface area contributed by atoms with Gasteiger partial charge in [0.05, 0.1) is 17.6 Å². The summed E-state index contributed by atoms with van der Waals surface area (Å²) >= 11 is 0. The smallest absolute Gasteiger partial charge is 0.274 e. The second-order valence-electron chi connectivity index (χ2n) is 10.1. The molecule has 0 spiro atoms. The Balaban J connectivity index is 1.18. The maximum atomic E-state index is 13.4. The van der Waals surface area contributed by atoms with E-state index >= 15 is 0 Å². The van der Waals surface area contributed by atoms with Crippen LogP contribution in [-0.2, 0) is 6.54 Å². The van der Waals surface area contributed by atoms with Crippen molar-refractivity contribution in [1.29, 1.82) is 0 Å². The first-order valence-electron chi connectivity index (χ1n) is 13.7. The van der Waals surface area contributed by atoms with E-state index in [1.807, 2.05) is 55.6 Å². The highest BCUT2D eigenvalue weighted by Crippen LogP contribution is 2.29. The molecule has 8 nitrogen and oxygen atoms in total. The summed E-state index contributed by atoms with van der Waals surface area (Å²) in [5, 5.41) is 14.4. The predicted octanol–water partition coefficient (Wildman–Crippen LogP) is 5.45. The van der Waals surface area contributed by atoms with Crippen LogP contribution in [0.3, 0.4) is 0 Å². The van der Waals surface area contributed by atoms with E-state index in [9.17, 15) is 4.79 Å². The highest BCUT2D eigenvalue weighted by molar-refractivity contribution is 6.05. The molecule has 1 fully saturated rings. The Morgan fingerprint density at radius 3 is 2.45 bits per heavy atom. The third-order valence-corrected chi connectivity index (χ3v) is 7.53. The van der Waals surface area contributed by atoms with Crippen molar-refractivity contribution in [3.63, 3.8) is 0 Å².